The first kappa shape index (κ1) is 17.4. The van der Waals surface area contributed by atoms with Crippen molar-refractivity contribution < 1.29 is 33.1 Å². The van der Waals surface area contributed by atoms with Crippen LogP contribution in [0.1, 0.15) is 18.4 Å². The molecule has 0 aromatic carbocycles. The van der Waals surface area contributed by atoms with Crippen LogP contribution in [0.25, 0.3) is 0 Å². The molecular weight excluding hydrogens is 306 g/mol. The minimum Gasteiger partial charge on any atom is -0.481 e. The summed E-state index contributed by atoms with van der Waals surface area (Å²) < 4.78 is 32.0. The summed E-state index contributed by atoms with van der Waals surface area (Å²) in [4.78, 5) is 35.9. The maximum Gasteiger partial charge on any atom is 0.321 e. The van der Waals surface area contributed by atoms with Gasteiger partial charge in [0.05, 0.1) is 24.9 Å². The van der Waals surface area contributed by atoms with Gasteiger partial charge in [-0.3, -0.25) is 24.7 Å². The van der Waals surface area contributed by atoms with E-state index < -0.39 is 52.4 Å². The van der Waals surface area contributed by atoms with Crippen molar-refractivity contribution in [2.24, 2.45) is 5.92 Å². The molecule has 1 aromatic rings. The lowest BCUT2D eigenvalue weighted by Gasteiger charge is -2.20. The summed E-state index contributed by atoms with van der Waals surface area (Å²) in [6, 6.07) is 0. The molecule has 0 amide bonds. The van der Waals surface area contributed by atoms with Gasteiger partial charge in [0.25, 0.3) is 0 Å². The summed E-state index contributed by atoms with van der Waals surface area (Å²) in [5, 5.41) is 19.8. The fourth-order valence-electron chi connectivity index (χ4n) is 1.97. The molecule has 1 N–H and O–H groups in total. The van der Waals surface area contributed by atoms with Gasteiger partial charge in [-0.25, -0.2) is 8.78 Å². The number of aliphatic carboxylic acids is 1. The molecule has 2 unspecified atom stereocenters. The molecule has 0 aliphatic carbocycles. The number of halogens is 2. The number of esters is 1. The van der Waals surface area contributed by atoms with Crippen molar-refractivity contribution in [2.45, 2.75) is 12.8 Å². The third-order valence-corrected chi connectivity index (χ3v) is 2.82. The van der Waals surface area contributed by atoms with E-state index in [4.69, 9.17) is 5.11 Å². The van der Waals surface area contributed by atoms with Crippen LogP contribution < -0.4 is 0 Å². The first-order valence-corrected chi connectivity index (χ1v) is 6.09. The number of hydrogen-bond donors (Lipinski definition) is 1. The highest BCUT2D eigenvalue weighted by Gasteiger charge is 2.43. The predicted molar refractivity (Wildman–Crippen MR) is 66.5 cm³/mol. The molecule has 10 heteroatoms. The van der Waals surface area contributed by atoms with Gasteiger partial charge in [0, 0.05) is 10.5 Å². The van der Waals surface area contributed by atoms with Crippen LogP contribution in [0, 0.1) is 27.7 Å². The second-order valence-corrected chi connectivity index (χ2v) is 4.21. The van der Waals surface area contributed by atoms with E-state index in [0.717, 1.165) is 0 Å². The monoisotopic (exact) mass is 318 g/mol. The average Bonchev–Trinajstić information content (AvgIpc) is 2.37. The number of carbonyl (C=O) groups excluding carboxylic acids is 1. The van der Waals surface area contributed by atoms with Gasteiger partial charge >= 0.3 is 11.9 Å². The fourth-order valence-corrected chi connectivity index (χ4v) is 1.97. The van der Waals surface area contributed by atoms with Crippen molar-refractivity contribution in [3.63, 3.8) is 0 Å². The lowest BCUT2D eigenvalue weighted by Crippen LogP contribution is -2.36. The lowest BCUT2D eigenvalue weighted by atomic mass is 9.85. The van der Waals surface area contributed by atoms with Crippen molar-refractivity contribution in [3.8, 4) is 0 Å². The summed E-state index contributed by atoms with van der Waals surface area (Å²) in [5.74, 6) is -9.62. The van der Waals surface area contributed by atoms with Gasteiger partial charge in [0.15, 0.2) is 5.92 Å². The zero-order valence-electron chi connectivity index (χ0n) is 11.4. The molecule has 1 heterocycles. The highest BCUT2D eigenvalue weighted by atomic mass is 19.1. The summed E-state index contributed by atoms with van der Waals surface area (Å²) in [5.41, 5.74) is -0.882. The van der Waals surface area contributed by atoms with Crippen LogP contribution in [0.2, 0.25) is 0 Å². The van der Waals surface area contributed by atoms with Crippen molar-refractivity contribution in [1.82, 2.24) is 4.98 Å². The topological polar surface area (TPSA) is 120 Å². The van der Waals surface area contributed by atoms with Crippen molar-refractivity contribution >= 4 is 11.9 Å². The number of ether oxygens (including phenoxy) is 1. The zero-order chi connectivity index (χ0) is 16.9. The minimum absolute atomic E-state index is 0.185. The van der Waals surface area contributed by atoms with Gasteiger partial charge in [0.1, 0.15) is 11.6 Å². The van der Waals surface area contributed by atoms with Crippen LogP contribution in [0.4, 0.5) is 8.78 Å². The number of nitrogens with zero attached hydrogens (tertiary/aromatic N) is 2. The van der Waals surface area contributed by atoms with Gasteiger partial charge < -0.3 is 9.84 Å². The predicted octanol–water partition coefficient (Wildman–Crippen LogP) is 0.984. The van der Waals surface area contributed by atoms with Gasteiger partial charge in [-0.05, 0) is 6.92 Å². The molecule has 1 rings (SSSR count). The molecule has 0 bridgehead atoms. The van der Waals surface area contributed by atoms with Crippen LogP contribution in [-0.4, -0.2) is 40.1 Å². The molecule has 2 atom stereocenters. The van der Waals surface area contributed by atoms with Crippen molar-refractivity contribution in [1.29, 1.82) is 0 Å². The van der Waals surface area contributed by atoms with Crippen molar-refractivity contribution in [3.05, 3.63) is 39.7 Å². The van der Waals surface area contributed by atoms with Gasteiger partial charge in [-0.2, -0.15) is 0 Å². The van der Waals surface area contributed by atoms with E-state index in [1.807, 2.05) is 0 Å². The van der Waals surface area contributed by atoms with E-state index in [9.17, 15) is 28.5 Å². The number of rotatable bonds is 7. The summed E-state index contributed by atoms with van der Waals surface area (Å²) in [7, 11) is 0. The first-order valence-electron chi connectivity index (χ1n) is 6.09. The molecule has 0 saturated heterocycles. The van der Waals surface area contributed by atoms with E-state index in [-0.39, 0.29) is 6.61 Å². The maximum absolute atomic E-state index is 13.8. The third kappa shape index (κ3) is 3.93. The Balaban J connectivity index is 3.40. The van der Waals surface area contributed by atoms with Crippen LogP contribution >= 0.6 is 0 Å². The van der Waals surface area contributed by atoms with Gasteiger partial charge in [-0.15, -0.1) is 0 Å². The van der Waals surface area contributed by atoms with Crippen LogP contribution in [0.5, 0.6) is 0 Å². The Morgan fingerprint density at radius 2 is 1.95 bits per heavy atom. The molecule has 8 nitrogen and oxygen atoms in total. The quantitative estimate of drug-likeness (QED) is 0.344. The first-order chi connectivity index (χ1) is 10.3. The largest absolute Gasteiger partial charge is 0.481 e. The van der Waals surface area contributed by atoms with E-state index in [2.05, 4.69) is 9.72 Å². The van der Waals surface area contributed by atoms with E-state index in [1.54, 1.807) is 0 Å². The molecular formula is C12H12F2N2O6. The number of carbonyl (C=O) groups is 2. The molecule has 120 valence electrons. The fraction of sp³-hybridized carbons (Fsp3) is 0.417. The Hall–Kier alpha value is -2.65. The van der Waals surface area contributed by atoms with E-state index >= 15 is 0 Å². The Morgan fingerprint density at radius 1 is 1.41 bits per heavy atom. The second-order valence-electron chi connectivity index (χ2n) is 4.21. The van der Waals surface area contributed by atoms with Crippen molar-refractivity contribution in [2.75, 3.05) is 13.2 Å². The standard InChI is InChI=1S/C12H12F2N2O6/c1-2-22-12(19)10(11(17)18)6(5-16(20)21)9-7(13)3-15-4-8(9)14/h3-4,6,10H,2,5H2,1H3,(H,17,18). The Labute approximate surface area is 122 Å². The van der Waals surface area contributed by atoms with Gasteiger partial charge in [0.2, 0.25) is 6.54 Å². The summed E-state index contributed by atoms with van der Waals surface area (Å²) in [6.07, 6.45) is 1.16. The molecule has 0 saturated carbocycles. The second kappa shape index (κ2) is 7.38. The number of hydrogen-bond acceptors (Lipinski definition) is 6. The molecule has 0 radical (unpaired) electrons. The van der Waals surface area contributed by atoms with Crippen LogP contribution in [-0.2, 0) is 14.3 Å². The highest BCUT2D eigenvalue weighted by Crippen LogP contribution is 2.30. The minimum atomic E-state index is -2.11. The zero-order valence-corrected chi connectivity index (χ0v) is 11.4. The molecule has 0 spiro atoms. The molecule has 0 fully saturated rings. The van der Waals surface area contributed by atoms with Crippen LogP contribution in [0.3, 0.4) is 0 Å². The number of carboxylic acid groups (broad SMARTS) is 1. The van der Waals surface area contributed by atoms with Gasteiger partial charge in [-0.1, -0.05) is 0 Å². The Morgan fingerprint density at radius 3 is 2.36 bits per heavy atom. The van der Waals surface area contributed by atoms with E-state index in [1.165, 1.54) is 6.92 Å². The van der Waals surface area contributed by atoms with E-state index in [0.29, 0.717) is 12.4 Å². The van der Waals surface area contributed by atoms with Crippen LogP contribution in [0.15, 0.2) is 12.4 Å². The summed E-state index contributed by atoms with van der Waals surface area (Å²) >= 11 is 0. The third-order valence-electron chi connectivity index (χ3n) is 2.82. The maximum atomic E-state index is 13.8. The molecule has 22 heavy (non-hydrogen) atoms. The highest BCUT2D eigenvalue weighted by molar-refractivity contribution is 5.95. The normalized spacial score (nSPS) is 13.2. The number of pyridine rings is 1. The number of aromatic nitrogens is 1. The number of nitro groups is 1. The smallest absolute Gasteiger partial charge is 0.321 e. The average molecular weight is 318 g/mol. The number of carboxylic acids is 1. The Kier molecular flexibility index (Phi) is 5.84. The molecule has 0 aliphatic heterocycles. The Bertz CT molecular complexity index is 575. The lowest BCUT2D eigenvalue weighted by molar-refractivity contribution is -0.484. The molecule has 1 aromatic heterocycles. The SMILES string of the molecule is CCOC(=O)C(C(=O)O)C(C[N+](=O)[O-])c1c(F)cncc1F. The molecule has 0 aliphatic rings. The summed E-state index contributed by atoms with van der Waals surface area (Å²) in [6.45, 7) is 0.0513.